The van der Waals surface area contributed by atoms with E-state index in [1.165, 1.54) is 6.92 Å². The standard InChI is InChI=1S/C19H20ClN3O4/c1-12(24)22-14-2-4-15(5-3-14)23-19(25)21-7-6-13-10-16(20)18-17(11-13)26-8-9-27-18/h2-5,10-11H,6-9H2,1H3,(H,22,24)(H2,21,23,25). The Morgan fingerprint density at radius 2 is 1.70 bits per heavy atom. The highest BCUT2D eigenvalue weighted by molar-refractivity contribution is 6.32. The number of nitrogens with one attached hydrogen (secondary N) is 3. The van der Waals surface area contributed by atoms with Gasteiger partial charge in [0.25, 0.3) is 0 Å². The van der Waals surface area contributed by atoms with Crippen LogP contribution in [0.5, 0.6) is 11.5 Å². The lowest BCUT2D eigenvalue weighted by atomic mass is 10.1. The van der Waals surface area contributed by atoms with E-state index in [1.54, 1.807) is 24.3 Å². The minimum atomic E-state index is -0.314. The Morgan fingerprint density at radius 1 is 1.04 bits per heavy atom. The van der Waals surface area contributed by atoms with Gasteiger partial charge in [-0.2, -0.15) is 0 Å². The van der Waals surface area contributed by atoms with E-state index in [4.69, 9.17) is 21.1 Å². The van der Waals surface area contributed by atoms with E-state index in [2.05, 4.69) is 16.0 Å². The number of fused-ring (bicyclic) bond motifs is 1. The highest BCUT2D eigenvalue weighted by Crippen LogP contribution is 2.38. The van der Waals surface area contributed by atoms with Crippen LogP contribution in [0.25, 0.3) is 0 Å². The fraction of sp³-hybridized carbons (Fsp3) is 0.263. The second kappa shape index (κ2) is 8.64. The first kappa shape index (κ1) is 18.8. The number of ether oxygens (including phenoxy) is 2. The number of carbonyl (C=O) groups excluding carboxylic acids is 2. The summed E-state index contributed by atoms with van der Waals surface area (Å²) in [5, 5.41) is 8.70. The van der Waals surface area contributed by atoms with Crippen molar-refractivity contribution >= 4 is 34.9 Å². The molecule has 0 fully saturated rings. The van der Waals surface area contributed by atoms with Crippen molar-refractivity contribution in [1.82, 2.24) is 5.32 Å². The molecule has 1 aliphatic rings. The lowest BCUT2D eigenvalue weighted by Gasteiger charge is -2.20. The molecule has 0 atom stereocenters. The highest BCUT2D eigenvalue weighted by Gasteiger charge is 2.16. The van der Waals surface area contributed by atoms with Gasteiger partial charge in [0.2, 0.25) is 5.91 Å². The Bertz CT molecular complexity index is 840. The molecular formula is C19H20ClN3O4. The molecule has 3 N–H and O–H groups in total. The summed E-state index contributed by atoms with van der Waals surface area (Å²) in [6.07, 6.45) is 0.602. The molecular weight excluding hydrogens is 370 g/mol. The van der Waals surface area contributed by atoms with Crippen molar-refractivity contribution in [2.45, 2.75) is 13.3 Å². The topological polar surface area (TPSA) is 88.7 Å². The quantitative estimate of drug-likeness (QED) is 0.730. The summed E-state index contributed by atoms with van der Waals surface area (Å²) < 4.78 is 11.0. The summed E-state index contributed by atoms with van der Waals surface area (Å²) in [6, 6.07) is 10.2. The maximum absolute atomic E-state index is 12.0. The van der Waals surface area contributed by atoms with Gasteiger partial charge in [-0.05, 0) is 48.4 Å². The molecule has 0 saturated carbocycles. The van der Waals surface area contributed by atoms with Crippen molar-refractivity contribution in [3.05, 3.63) is 47.0 Å². The van der Waals surface area contributed by atoms with Crippen molar-refractivity contribution in [3.63, 3.8) is 0 Å². The van der Waals surface area contributed by atoms with Gasteiger partial charge in [-0.25, -0.2) is 4.79 Å². The van der Waals surface area contributed by atoms with Crippen LogP contribution >= 0.6 is 11.6 Å². The number of halogens is 1. The monoisotopic (exact) mass is 389 g/mol. The summed E-state index contributed by atoms with van der Waals surface area (Å²) in [4.78, 5) is 23.0. The molecule has 3 amide bonds. The zero-order valence-corrected chi connectivity index (χ0v) is 15.6. The third kappa shape index (κ3) is 5.27. The normalized spacial score (nSPS) is 12.2. The average molecular weight is 390 g/mol. The minimum absolute atomic E-state index is 0.146. The van der Waals surface area contributed by atoms with Gasteiger partial charge in [-0.15, -0.1) is 0 Å². The molecule has 0 aliphatic carbocycles. The van der Waals surface area contributed by atoms with Crippen molar-refractivity contribution in [3.8, 4) is 11.5 Å². The number of anilines is 2. The van der Waals surface area contributed by atoms with Crippen LogP contribution in [-0.2, 0) is 11.2 Å². The van der Waals surface area contributed by atoms with Crippen LogP contribution in [0.2, 0.25) is 5.02 Å². The number of rotatable bonds is 5. The Balaban J connectivity index is 1.48. The van der Waals surface area contributed by atoms with Crippen LogP contribution in [-0.4, -0.2) is 31.7 Å². The molecule has 1 aliphatic heterocycles. The maximum Gasteiger partial charge on any atom is 0.319 e. The van der Waals surface area contributed by atoms with Gasteiger partial charge < -0.3 is 25.4 Å². The number of hydrogen-bond donors (Lipinski definition) is 3. The highest BCUT2D eigenvalue weighted by atomic mass is 35.5. The van der Waals surface area contributed by atoms with Crippen molar-refractivity contribution in [2.24, 2.45) is 0 Å². The van der Waals surface area contributed by atoms with Crippen LogP contribution in [0, 0.1) is 0 Å². The van der Waals surface area contributed by atoms with Gasteiger partial charge in [-0.1, -0.05) is 11.6 Å². The second-order valence-corrected chi connectivity index (χ2v) is 6.40. The maximum atomic E-state index is 12.0. The molecule has 0 spiro atoms. The number of urea groups is 1. The van der Waals surface area contributed by atoms with Gasteiger partial charge in [0.1, 0.15) is 13.2 Å². The van der Waals surface area contributed by atoms with E-state index in [0.29, 0.717) is 54.1 Å². The fourth-order valence-corrected chi connectivity index (χ4v) is 2.93. The van der Waals surface area contributed by atoms with Crippen LogP contribution in [0.15, 0.2) is 36.4 Å². The summed E-state index contributed by atoms with van der Waals surface area (Å²) >= 11 is 6.21. The predicted octanol–water partition coefficient (Wildman–Crippen LogP) is 3.43. The lowest BCUT2D eigenvalue weighted by Crippen LogP contribution is -2.30. The SMILES string of the molecule is CC(=O)Nc1ccc(NC(=O)NCCc2cc(Cl)c3c(c2)OCCO3)cc1. The third-order valence-electron chi connectivity index (χ3n) is 3.82. The summed E-state index contributed by atoms with van der Waals surface area (Å²) in [7, 11) is 0. The first-order valence-electron chi connectivity index (χ1n) is 8.52. The van der Waals surface area contributed by atoms with Crippen LogP contribution in [0.4, 0.5) is 16.2 Å². The van der Waals surface area contributed by atoms with Gasteiger partial charge in [-0.3, -0.25) is 4.79 Å². The average Bonchev–Trinajstić information content (AvgIpc) is 2.63. The van der Waals surface area contributed by atoms with Crippen molar-refractivity contribution < 1.29 is 19.1 Å². The minimum Gasteiger partial charge on any atom is -0.486 e. The fourth-order valence-electron chi connectivity index (χ4n) is 2.64. The number of hydrogen-bond acceptors (Lipinski definition) is 4. The Kier molecular flexibility index (Phi) is 6.03. The van der Waals surface area contributed by atoms with E-state index >= 15 is 0 Å². The molecule has 0 aromatic heterocycles. The first-order valence-corrected chi connectivity index (χ1v) is 8.89. The van der Waals surface area contributed by atoms with Crippen LogP contribution in [0.1, 0.15) is 12.5 Å². The molecule has 142 valence electrons. The second-order valence-electron chi connectivity index (χ2n) is 5.99. The zero-order chi connectivity index (χ0) is 19.2. The van der Waals surface area contributed by atoms with E-state index in [-0.39, 0.29) is 11.9 Å². The molecule has 3 rings (SSSR count). The molecule has 0 bridgehead atoms. The van der Waals surface area contributed by atoms with E-state index < -0.39 is 0 Å². The molecule has 0 saturated heterocycles. The number of carbonyl (C=O) groups is 2. The summed E-state index contributed by atoms with van der Waals surface area (Å²) in [5.41, 5.74) is 2.25. The molecule has 8 heteroatoms. The molecule has 0 unspecified atom stereocenters. The number of amides is 3. The lowest BCUT2D eigenvalue weighted by molar-refractivity contribution is -0.114. The first-order chi connectivity index (χ1) is 13.0. The molecule has 1 heterocycles. The molecule has 2 aromatic rings. The van der Waals surface area contributed by atoms with Gasteiger partial charge in [0.05, 0.1) is 5.02 Å². The van der Waals surface area contributed by atoms with Gasteiger partial charge in [0.15, 0.2) is 11.5 Å². The molecule has 7 nitrogen and oxygen atoms in total. The van der Waals surface area contributed by atoms with Gasteiger partial charge >= 0.3 is 6.03 Å². The van der Waals surface area contributed by atoms with E-state index in [0.717, 1.165) is 5.56 Å². The Labute approximate surface area is 162 Å². The van der Waals surface area contributed by atoms with Gasteiger partial charge in [0, 0.05) is 24.8 Å². The smallest absolute Gasteiger partial charge is 0.319 e. The van der Waals surface area contributed by atoms with Crippen molar-refractivity contribution in [1.29, 1.82) is 0 Å². The Morgan fingerprint density at radius 3 is 2.41 bits per heavy atom. The molecule has 27 heavy (non-hydrogen) atoms. The predicted molar refractivity (Wildman–Crippen MR) is 104 cm³/mol. The largest absolute Gasteiger partial charge is 0.486 e. The zero-order valence-electron chi connectivity index (χ0n) is 14.8. The van der Waals surface area contributed by atoms with E-state index in [1.807, 2.05) is 12.1 Å². The Hall–Kier alpha value is -2.93. The third-order valence-corrected chi connectivity index (χ3v) is 4.10. The number of benzene rings is 2. The van der Waals surface area contributed by atoms with Crippen LogP contribution < -0.4 is 25.4 Å². The summed E-state index contributed by atoms with van der Waals surface area (Å²) in [5.74, 6) is 1.06. The van der Waals surface area contributed by atoms with Crippen LogP contribution in [0.3, 0.4) is 0 Å². The molecule has 0 radical (unpaired) electrons. The molecule has 2 aromatic carbocycles. The van der Waals surface area contributed by atoms with Crippen molar-refractivity contribution in [2.75, 3.05) is 30.4 Å². The summed E-state index contributed by atoms with van der Waals surface area (Å²) in [6.45, 7) is 2.86. The van der Waals surface area contributed by atoms with E-state index in [9.17, 15) is 9.59 Å².